The SMILES string of the molecule is CCCCCCCCOCCCCCCCCC(=O)C1(C)CCc2c(C)c(OP(C)(=O)O[C@]3(CC)C(=O)OCc4c3cc3n(c4=O)Cc4cc5ccccc5nc4-3)c(C)c(C)c2O1. The van der Waals surface area contributed by atoms with Crippen LogP contribution < -0.4 is 14.8 Å². The molecule has 0 amide bonds. The summed E-state index contributed by atoms with van der Waals surface area (Å²) in [6.07, 6.45) is 15.6. The number of nitrogens with zero attached hydrogens (tertiary/aromatic N) is 2. The van der Waals surface area contributed by atoms with E-state index in [2.05, 4.69) is 6.92 Å². The van der Waals surface area contributed by atoms with E-state index in [-0.39, 0.29) is 29.9 Å². The molecule has 0 radical (unpaired) electrons. The van der Waals surface area contributed by atoms with Crippen LogP contribution in [-0.2, 0) is 53.3 Å². The Hall–Kier alpha value is -4.31. The zero-order chi connectivity index (χ0) is 44.9. The minimum absolute atomic E-state index is 0.0391. The summed E-state index contributed by atoms with van der Waals surface area (Å²) < 4.78 is 47.2. The molecule has 0 N–H and O–H groups in total. The fourth-order valence-electron chi connectivity index (χ4n) is 9.65. The maximum atomic E-state index is 14.7. The Bertz CT molecular complexity index is 2460. The third-order valence-electron chi connectivity index (χ3n) is 13.6. The number of esters is 1. The van der Waals surface area contributed by atoms with E-state index in [1.54, 1.807) is 17.6 Å². The van der Waals surface area contributed by atoms with Gasteiger partial charge in [0.2, 0.25) is 5.60 Å². The molecule has 11 nitrogen and oxygen atoms in total. The highest BCUT2D eigenvalue weighted by Crippen LogP contribution is 2.56. The van der Waals surface area contributed by atoms with Crippen molar-refractivity contribution >= 4 is 30.3 Å². The average molecular weight is 883 g/mol. The minimum Gasteiger partial charge on any atom is -0.479 e. The van der Waals surface area contributed by atoms with E-state index >= 15 is 0 Å². The monoisotopic (exact) mass is 882 g/mol. The zero-order valence-electron chi connectivity index (χ0n) is 38.6. The molecule has 0 saturated heterocycles. The first kappa shape index (κ1) is 46.7. The highest BCUT2D eigenvalue weighted by atomic mass is 31.2. The van der Waals surface area contributed by atoms with Gasteiger partial charge in [-0.25, -0.2) is 14.3 Å². The highest BCUT2D eigenvalue weighted by molar-refractivity contribution is 7.53. The topological polar surface area (TPSA) is 132 Å². The Labute approximate surface area is 373 Å². The van der Waals surface area contributed by atoms with Crippen molar-refractivity contribution < 1.29 is 37.4 Å². The first-order chi connectivity index (χ1) is 30.2. The van der Waals surface area contributed by atoms with Crippen LogP contribution >= 0.6 is 7.60 Å². The molecule has 63 heavy (non-hydrogen) atoms. The van der Waals surface area contributed by atoms with Gasteiger partial charge in [-0.15, -0.1) is 0 Å². The van der Waals surface area contributed by atoms with E-state index in [0.29, 0.717) is 59.8 Å². The predicted molar refractivity (Wildman–Crippen MR) is 247 cm³/mol. The summed E-state index contributed by atoms with van der Waals surface area (Å²) in [6, 6.07) is 11.6. The van der Waals surface area contributed by atoms with E-state index in [4.69, 9.17) is 28.2 Å². The van der Waals surface area contributed by atoms with Crippen LogP contribution in [0.3, 0.4) is 0 Å². The van der Waals surface area contributed by atoms with Gasteiger partial charge in [0.25, 0.3) is 5.56 Å². The normalized spacial score (nSPS) is 19.7. The van der Waals surface area contributed by atoms with E-state index in [1.165, 1.54) is 38.8 Å². The smallest absolute Gasteiger partial charge is 0.377 e. The number of benzene rings is 2. The third-order valence-corrected chi connectivity index (χ3v) is 14.8. The molecule has 0 saturated carbocycles. The Kier molecular flexibility index (Phi) is 14.7. The van der Waals surface area contributed by atoms with Crippen molar-refractivity contribution in [2.75, 3.05) is 19.9 Å². The van der Waals surface area contributed by atoms with Crippen LogP contribution in [0, 0.1) is 20.8 Å². The number of ketones is 1. The van der Waals surface area contributed by atoms with E-state index < -0.39 is 24.8 Å². The number of hydrogen-bond donors (Lipinski definition) is 0. The van der Waals surface area contributed by atoms with Crippen LogP contribution in [0.1, 0.15) is 156 Å². The van der Waals surface area contributed by atoms with Crippen LogP contribution in [0.4, 0.5) is 0 Å². The van der Waals surface area contributed by atoms with Crippen molar-refractivity contribution in [1.29, 1.82) is 0 Å². The number of hydrogen-bond acceptors (Lipinski definition) is 10. The van der Waals surface area contributed by atoms with Gasteiger partial charge in [0, 0.05) is 48.4 Å². The molecule has 0 bridgehead atoms. The maximum Gasteiger partial charge on any atom is 0.377 e. The number of aromatic nitrogens is 2. The fraction of sp³-hybridized carbons (Fsp3) is 0.569. The maximum absolute atomic E-state index is 14.7. The molecular formula is C51H67N2O9P. The van der Waals surface area contributed by atoms with E-state index in [0.717, 1.165) is 91.3 Å². The van der Waals surface area contributed by atoms with Crippen molar-refractivity contribution in [2.24, 2.45) is 0 Å². The molecule has 7 rings (SSSR count). The van der Waals surface area contributed by atoms with Gasteiger partial charge in [-0.1, -0.05) is 89.8 Å². The van der Waals surface area contributed by atoms with Gasteiger partial charge in [-0.05, 0) is 101 Å². The number of pyridine rings is 2. The molecule has 12 heteroatoms. The largest absolute Gasteiger partial charge is 0.479 e. The van der Waals surface area contributed by atoms with Gasteiger partial charge < -0.3 is 23.3 Å². The third kappa shape index (κ3) is 9.72. The van der Waals surface area contributed by atoms with Gasteiger partial charge in [0.1, 0.15) is 18.1 Å². The Morgan fingerprint density at radius 2 is 1.56 bits per heavy atom. The van der Waals surface area contributed by atoms with Crippen LogP contribution in [0.15, 0.2) is 41.2 Å². The number of cyclic esters (lactones) is 1. The minimum atomic E-state index is -4.10. The molecule has 5 heterocycles. The molecule has 340 valence electrons. The number of unbranched alkanes of at least 4 members (excludes halogenated alkanes) is 10. The van der Waals surface area contributed by atoms with Crippen LogP contribution in [-0.4, -0.2) is 46.8 Å². The fourth-order valence-corrected chi connectivity index (χ4v) is 11.2. The zero-order valence-corrected chi connectivity index (χ0v) is 39.5. The van der Waals surface area contributed by atoms with Crippen molar-refractivity contribution in [1.82, 2.24) is 9.55 Å². The summed E-state index contributed by atoms with van der Waals surface area (Å²) in [4.78, 5) is 46.6. The average Bonchev–Trinajstić information content (AvgIpc) is 3.63. The number of carbonyl (C=O) groups excluding carboxylic acids is 2. The van der Waals surface area contributed by atoms with Gasteiger partial charge in [0.05, 0.1) is 29.0 Å². The van der Waals surface area contributed by atoms with Gasteiger partial charge >= 0.3 is 13.6 Å². The van der Waals surface area contributed by atoms with Crippen molar-refractivity contribution in [2.45, 2.75) is 169 Å². The van der Waals surface area contributed by atoms with E-state index in [9.17, 15) is 18.9 Å². The van der Waals surface area contributed by atoms with Gasteiger partial charge in [-0.3, -0.25) is 14.1 Å². The van der Waals surface area contributed by atoms with Crippen LogP contribution in [0.2, 0.25) is 0 Å². The standard InChI is InChI=1S/C51H67N2O9P/c1-8-10-11-12-16-21-28-58-29-22-17-14-13-15-18-25-44(54)50(6)27-26-39-36(5)46(34(3)35(4)47(39)60-50)61-63(7,57)62-51(9-2)41-31-43-45-38(30-37-23-19-20-24-42(37)52-45)32-53(43)48(55)40(41)33-59-49(51)56/h19-20,23-24,30-31H,8-18,21-22,25-29,32-33H2,1-7H3/t50?,51-,63?/m0/s1. The molecule has 3 aliphatic rings. The molecule has 2 unspecified atom stereocenters. The second-order valence-electron chi connectivity index (χ2n) is 18.2. The lowest BCUT2D eigenvalue weighted by Gasteiger charge is -2.38. The van der Waals surface area contributed by atoms with Crippen molar-refractivity contribution in [3.05, 3.63) is 85.7 Å². The van der Waals surface area contributed by atoms with Crippen LogP contribution in [0.25, 0.3) is 22.3 Å². The van der Waals surface area contributed by atoms with Crippen molar-refractivity contribution in [3.8, 4) is 22.9 Å². The molecule has 0 aliphatic carbocycles. The molecule has 3 aliphatic heterocycles. The quantitative estimate of drug-likeness (QED) is 0.0376. The summed E-state index contributed by atoms with van der Waals surface area (Å²) in [5.74, 6) is 0.426. The number of Topliss-reactive ketones (excluding diaryl/α,β-unsaturated/α-hetero) is 1. The molecular weight excluding hydrogens is 816 g/mol. The number of ether oxygens (including phenoxy) is 3. The number of carbonyl (C=O) groups is 2. The molecule has 0 spiro atoms. The predicted octanol–water partition coefficient (Wildman–Crippen LogP) is 11.7. The van der Waals surface area contributed by atoms with Crippen LogP contribution in [0.5, 0.6) is 11.5 Å². The van der Waals surface area contributed by atoms with Gasteiger partial charge in [0.15, 0.2) is 11.4 Å². The summed E-state index contributed by atoms with van der Waals surface area (Å²) in [6.45, 7) is 14.7. The Morgan fingerprint density at radius 1 is 0.873 bits per heavy atom. The molecule has 0 fully saturated rings. The molecule has 2 aromatic carbocycles. The number of para-hydroxylation sites is 1. The summed E-state index contributed by atoms with van der Waals surface area (Å²) in [7, 11) is -4.10. The Morgan fingerprint density at radius 3 is 2.27 bits per heavy atom. The summed E-state index contributed by atoms with van der Waals surface area (Å²) in [5.41, 5.74) is 3.50. The Balaban J connectivity index is 0.986. The second-order valence-corrected chi connectivity index (χ2v) is 20.1. The lowest BCUT2D eigenvalue weighted by atomic mass is 9.84. The molecule has 4 aromatic rings. The lowest BCUT2D eigenvalue weighted by molar-refractivity contribution is -0.169. The van der Waals surface area contributed by atoms with Crippen molar-refractivity contribution in [3.63, 3.8) is 0 Å². The molecule has 3 atom stereocenters. The second kappa shape index (κ2) is 19.8. The van der Waals surface area contributed by atoms with Gasteiger partial charge in [-0.2, -0.15) is 0 Å². The highest BCUT2D eigenvalue weighted by Gasteiger charge is 2.52. The number of fused-ring (bicyclic) bond motifs is 6. The first-order valence-corrected chi connectivity index (χ1v) is 25.5. The summed E-state index contributed by atoms with van der Waals surface area (Å²) >= 11 is 0. The summed E-state index contributed by atoms with van der Waals surface area (Å²) in [5, 5.41) is 0.968. The number of rotatable bonds is 22. The molecule has 2 aromatic heterocycles. The van der Waals surface area contributed by atoms with E-state index in [1.807, 2.05) is 58.0 Å². The first-order valence-electron chi connectivity index (χ1n) is 23.5. The lowest BCUT2D eigenvalue weighted by Crippen LogP contribution is -2.46.